The first-order valence-electron chi connectivity index (χ1n) is 9.28. The number of ketones is 1. The van der Waals surface area contributed by atoms with Crippen LogP contribution in [0.3, 0.4) is 0 Å². The van der Waals surface area contributed by atoms with Crippen molar-refractivity contribution in [3.63, 3.8) is 0 Å². The highest BCUT2D eigenvalue weighted by Gasteiger charge is 2.43. The summed E-state index contributed by atoms with van der Waals surface area (Å²) in [5.74, 6) is -1.04. The van der Waals surface area contributed by atoms with E-state index in [0.717, 1.165) is 16.5 Å². The fourth-order valence-corrected chi connectivity index (χ4v) is 4.29. The predicted molar refractivity (Wildman–Crippen MR) is 104 cm³/mol. The van der Waals surface area contributed by atoms with E-state index in [-0.39, 0.29) is 17.9 Å². The first kappa shape index (κ1) is 19.7. The van der Waals surface area contributed by atoms with Crippen molar-refractivity contribution in [2.24, 2.45) is 0 Å². The van der Waals surface area contributed by atoms with Gasteiger partial charge in [0.05, 0.1) is 11.3 Å². The van der Waals surface area contributed by atoms with Crippen LogP contribution in [0.5, 0.6) is 0 Å². The summed E-state index contributed by atoms with van der Waals surface area (Å²) in [5.41, 5.74) is 0.475. The van der Waals surface area contributed by atoms with Gasteiger partial charge in [-0.3, -0.25) is 14.5 Å². The number of alkyl halides is 3. The first-order valence-corrected chi connectivity index (χ1v) is 9.66. The molecule has 0 radical (unpaired) electrons. The van der Waals surface area contributed by atoms with Crippen LogP contribution in [0.1, 0.15) is 42.7 Å². The lowest BCUT2D eigenvalue weighted by Crippen LogP contribution is -2.41. The number of para-hydroxylation sites is 1. The minimum Gasteiger partial charge on any atom is -0.294 e. The monoisotopic (exact) mass is 419 g/mol. The minimum atomic E-state index is -4.61. The Bertz CT molecular complexity index is 1010. The summed E-state index contributed by atoms with van der Waals surface area (Å²) in [6, 6.07) is 11.9. The van der Waals surface area contributed by atoms with Crippen molar-refractivity contribution in [1.29, 1.82) is 0 Å². The van der Waals surface area contributed by atoms with Crippen LogP contribution >= 0.6 is 11.6 Å². The molecule has 7 heteroatoms. The highest BCUT2D eigenvalue weighted by Crippen LogP contribution is 2.46. The van der Waals surface area contributed by atoms with Gasteiger partial charge in [0.15, 0.2) is 5.78 Å². The third kappa shape index (κ3) is 3.57. The molecule has 4 rings (SSSR count). The number of halogens is 4. The number of hydrogen-bond acceptors (Lipinski definition) is 2. The third-order valence-electron chi connectivity index (χ3n) is 5.40. The van der Waals surface area contributed by atoms with Gasteiger partial charge in [-0.2, -0.15) is 13.2 Å². The van der Waals surface area contributed by atoms with E-state index in [1.54, 1.807) is 24.3 Å². The Morgan fingerprint density at radius 1 is 0.966 bits per heavy atom. The van der Waals surface area contributed by atoms with E-state index in [1.165, 1.54) is 18.2 Å². The van der Waals surface area contributed by atoms with E-state index in [1.807, 2.05) is 0 Å². The third-order valence-corrected chi connectivity index (χ3v) is 5.65. The topological polar surface area (TPSA) is 37.4 Å². The molecule has 1 aliphatic carbocycles. The number of anilines is 1. The van der Waals surface area contributed by atoms with Crippen molar-refractivity contribution in [3.05, 3.63) is 76.0 Å². The van der Waals surface area contributed by atoms with Gasteiger partial charge in [0.2, 0.25) is 5.91 Å². The number of carbonyl (C=O) groups excluding carboxylic acids is 2. The zero-order valence-electron chi connectivity index (χ0n) is 15.3. The van der Waals surface area contributed by atoms with Crippen LogP contribution in [0.4, 0.5) is 18.9 Å². The molecule has 0 fully saturated rings. The van der Waals surface area contributed by atoms with E-state index < -0.39 is 23.6 Å². The van der Waals surface area contributed by atoms with Crippen molar-refractivity contribution >= 4 is 29.0 Å². The first-order chi connectivity index (χ1) is 13.8. The smallest absolute Gasteiger partial charge is 0.294 e. The summed E-state index contributed by atoms with van der Waals surface area (Å²) in [6.45, 7) is 0. The van der Waals surface area contributed by atoms with Gasteiger partial charge in [-0.15, -0.1) is 0 Å². The summed E-state index contributed by atoms with van der Waals surface area (Å²) >= 11 is 5.95. The number of rotatable bonds is 2. The molecular formula is C22H17ClF3NO2. The summed E-state index contributed by atoms with van der Waals surface area (Å²) < 4.78 is 40.7. The Kier molecular flexibility index (Phi) is 4.99. The molecule has 1 atom stereocenters. The Morgan fingerprint density at radius 2 is 1.66 bits per heavy atom. The second-order valence-corrected chi connectivity index (χ2v) is 7.63. The Labute approximate surface area is 170 Å². The fourth-order valence-electron chi connectivity index (χ4n) is 4.16. The summed E-state index contributed by atoms with van der Waals surface area (Å²) in [7, 11) is 0. The van der Waals surface area contributed by atoms with Crippen molar-refractivity contribution in [1.82, 2.24) is 0 Å². The van der Waals surface area contributed by atoms with E-state index >= 15 is 0 Å². The summed E-state index contributed by atoms with van der Waals surface area (Å²) in [5, 5.41) is 0.529. The van der Waals surface area contributed by atoms with Gasteiger partial charge < -0.3 is 0 Å². The van der Waals surface area contributed by atoms with E-state index in [4.69, 9.17) is 11.6 Å². The molecule has 3 nitrogen and oxygen atoms in total. The Morgan fingerprint density at radius 3 is 2.34 bits per heavy atom. The lowest BCUT2D eigenvalue weighted by molar-refractivity contribution is -0.137. The Hall–Kier alpha value is -2.60. The predicted octanol–water partition coefficient (Wildman–Crippen LogP) is 5.89. The van der Waals surface area contributed by atoms with Crippen molar-refractivity contribution < 1.29 is 22.8 Å². The van der Waals surface area contributed by atoms with Crippen molar-refractivity contribution in [3.8, 4) is 0 Å². The van der Waals surface area contributed by atoms with Gasteiger partial charge in [-0.05, 0) is 42.7 Å². The molecule has 1 unspecified atom stereocenters. The zero-order chi connectivity index (χ0) is 20.8. The van der Waals surface area contributed by atoms with Gasteiger partial charge in [0, 0.05) is 35.1 Å². The van der Waals surface area contributed by atoms with Crippen LogP contribution in [0.2, 0.25) is 5.02 Å². The van der Waals surface area contributed by atoms with Gasteiger partial charge >= 0.3 is 6.18 Å². The average Bonchev–Trinajstić information content (AvgIpc) is 2.67. The average molecular weight is 420 g/mol. The van der Waals surface area contributed by atoms with Crippen molar-refractivity contribution in [2.45, 2.75) is 37.8 Å². The normalized spacial score (nSPS) is 20.1. The lowest BCUT2D eigenvalue weighted by Gasteiger charge is -2.39. The molecule has 0 saturated carbocycles. The van der Waals surface area contributed by atoms with Crippen LogP contribution in [-0.4, -0.2) is 11.7 Å². The molecule has 0 spiro atoms. The highest BCUT2D eigenvalue weighted by atomic mass is 35.5. The molecule has 1 amide bonds. The lowest BCUT2D eigenvalue weighted by atomic mass is 9.77. The van der Waals surface area contributed by atoms with Crippen LogP contribution in [0.25, 0.3) is 0 Å². The molecule has 1 heterocycles. The summed E-state index contributed by atoms with van der Waals surface area (Å²) in [6.07, 6.45) is -3.47. The molecule has 0 saturated heterocycles. The summed E-state index contributed by atoms with van der Waals surface area (Å²) in [4.78, 5) is 27.0. The van der Waals surface area contributed by atoms with Gasteiger partial charge in [0.25, 0.3) is 0 Å². The zero-order valence-corrected chi connectivity index (χ0v) is 16.1. The quantitative estimate of drug-likeness (QED) is 0.609. The largest absolute Gasteiger partial charge is 0.418 e. The van der Waals surface area contributed by atoms with E-state index in [0.29, 0.717) is 35.6 Å². The molecule has 2 aromatic rings. The van der Waals surface area contributed by atoms with Crippen LogP contribution in [0.15, 0.2) is 59.8 Å². The van der Waals surface area contributed by atoms with Gasteiger partial charge in [0.1, 0.15) is 0 Å². The standard InChI is InChI=1S/C22H17ClF3NO2/c23-14-10-8-13(9-11-14)15-12-20(29)27(18-6-3-7-19(28)21(15)18)17-5-2-1-4-16(17)22(24,25)26/h1-2,4-5,8-11,15H,3,6-7,12H2. The van der Waals surface area contributed by atoms with Gasteiger partial charge in [-0.1, -0.05) is 35.9 Å². The number of Topliss-reactive ketones (excluding diaryl/α,β-unsaturated/α-hetero) is 1. The number of carbonyl (C=O) groups is 2. The molecule has 0 bridgehead atoms. The number of nitrogens with zero attached hydrogens (tertiary/aromatic N) is 1. The molecular weight excluding hydrogens is 403 g/mol. The molecule has 0 N–H and O–H groups in total. The SMILES string of the molecule is O=C1CCCC2=C1C(c1ccc(Cl)cc1)CC(=O)N2c1ccccc1C(F)(F)F. The number of allylic oxidation sites excluding steroid dienone is 2. The van der Waals surface area contributed by atoms with E-state index in [2.05, 4.69) is 0 Å². The molecule has 29 heavy (non-hydrogen) atoms. The number of benzene rings is 2. The molecule has 0 aromatic heterocycles. The molecule has 2 aliphatic rings. The Balaban J connectivity index is 1.89. The number of hydrogen-bond donors (Lipinski definition) is 0. The molecule has 1 aliphatic heterocycles. The molecule has 2 aromatic carbocycles. The maximum atomic E-state index is 13.6. The second kappa shape index (κ2) is 7.34. The molecule has 150 valence electrons. The van der Waals surface area contributed by atoms with Crippen LogP contribution in [-0.2, 0) is 15.8 Å². The maximum absolute atomic E-state index is 13.6. The second-order valence-electron chi connectivity index (χ2n) is 7.19. The van der Waals surface area contributed by atoms with E-state index in [9.17, 15) is 22.8 Å². The van der Waals surface area contributed by atoms with Crippen LogP contribution in [0, 0.1) is 0 Å². The fraction of sp³-hybridized carbons (Fsp3) is 0.273. The van der Waals surface area contributed by atoms with Crippen molar-refractivity contribution in [2.75, 3.05) is 4.90 Å². The number of amides is 1. The van der Waals surface area contributed by atoms with Gasteiger partial charge in [-0.25, -0.2) is 0 Å². The minimum absolute atomic E-state index is 0.0710. The van der Waals surface area contributed by atoms with Crippen LogP contribution < -0.4 is 4.90 Å². The maximum Gasteiger partial charge on any atom is 0.418 e. The highest BCUT2D eigenvalue weighted by molar-refractivity contribution is 6.30.